The van der Waals surface area contributed by atoms with Crippen molar-refractivity contribution >= 4 is 27.0 Å². The third kappa shape index (κ3) is 3.42. The van der Waals surface area contributed by atoms with Crippen LogP contribution in [0.1, 0.15) is 11.8 Å². The van der Waals surface area contributed by atoms with E-state index >= 15 is 0 Å². The monoisotopic (exact) mass is 328 g/mol. The average Bonchev–Trinajstić information content (AvgIpc) is 2.91. The van der Waals surface area contributed by atoms with Gasteiger partial charge in [0.15, 0.2) is 0 Å². The second-order valence-corrected chi connectivity index (χ2v) is 7.65. The van der Waals surface area contributed by atoms with E-state index < -0.39 is 10.0 Å². The Hall–Kier alpha value is -1.44. The van der Waals surface area contributed by atoms with Crippen molar-refractivity contribution in [1.29, 1.82) is 0 Å². The molecule has 0 unspecified atom stereocenters. The molecule has 2 rings (SSSR count). The van der Waals surface area contributed by atoms with E-state index in [4.69, 9.17) is 0 Å². The van der Waals surface area contributed by atoms with E-state index in [1.54, 1.807) is 19.1 Å². The highest BCUT2D eigenvalue weighted by Crippen LogP contribution is 2.28. The third-order valence-electron chi connectivity index (χ3n) is 2.93. The molecule has 0 spiro atoms. The summed E-state index contributed by atoms with van der Waals surface area (Å²) < 4.78 is 39.9. The van der Waals surface area contributed by atoms with Crippen LogP contribution in [0.4, 0.5) is 10.1 Å². The van der Waals surface area contributed by atoms with Gasteiger partial charge in [-0.05, 0) is 50.4 Å². The second-order valence-electron chi connectivity index (χ2n) is 4.40. The van der Waals surface area contributed by atoms with Crippen LogP contribution in [0.5, 0.6) is 0 Å². The molecule has 0 radical (unpaired) electrons. The molecule has 0 atom stereocenters. The van der Waals surface area contributed by atoms with Gasteiger partial charge in [-0.3, -0.25) is 4.31 Å². The van der Waals surface area contributed by atoms with E-state index in [-0.39, 0.29) is 12.4 Å². The standard InChI is InChI=1S/C14H17FN2O2S2/c1-3-17(12-6-4-11(15)5-7-12)21(18,19)14-9-8-13(20-14)10-16-2/h4-9,16H,3,10H2,1-2H3. The van der Waals surface area contributed by atoms with Crippen molar-refractivity contribution in [3.63, 3.8) is 0 Å². The van der Waals surface area contributed by atoms with Crippen molar-refractivity contribution in [3.8, 4) is 0 Å². The first-order valence-corrected chi connectivity index (χ1v) is 8.76. The Bertz CT molecular complexity index is 696. The van der Waals surface area contributed by atoms with Gasteiger partial charge >= 0.3 is 0 Å². The molecule has 114 valence electrons. The first-order valence-electron chi connectivity index (χ1n) is 6.50. The van der Waals surface area contributed by atoms with Crippen LogP contribution >= 0.6 is 11.3 Å². The van der Waals surface area contributed by atoms with Gasteiger partial charge in [0.25, 0.3) is 10.0 Å². The summed E-state index contributed by atoms with van der Waals surface area (Å²) in [4.78, 5) is 0.950. The molecule has 4 nitrogen and oxygen atoms in total. The SMILES string of the molecule is CCN(c1ccc(F)cc1)S(=O)(=O)c1ccc(CNC)s1. The number of anilines is 1. The topological polar surface area (TPSA) is 49.4 Å². The Kier molecular flexibility index (Phi) is 4.97. The number of halogens is 1. The van der Waals surface area contributed by atoms with E-state index in [2.05, 4.69) is 5.32 Å². The molecule has 0 fully saturated rings. The van der Waals surface area contributed by atoms with E-state index in [1.807, 2.05) is 7.05 Å². The van der Waals surface area contributed by atoms with Crippen LogP contribution in [0.2, 0.25) is 0 Å². The van der Waals surface area contributed by atoms with Crippen molar-refractivity contribution in [3.05, 3.63) is 47.1 Å². The van der Waals surface area contributed by atoms with E-state index in [9.17, 15) is 12.8 Å². The number of benzene rings is 1. The highest BCUT2D eigenvalue weighted by atomic mass is 32.2. The van der Waals surface area contributed by atoms with Crippen molar-refractivity contribution in [2.75, 3.05) is 17.9 Å². The summed E-state index contributed by atoms with van der Waals surface area (Å²) in [6.45, 7) is 2.67. The summed E-state index contributed by atoms with van der Waals surface area (Å²) in [5.74, 6) is -0.389. The molecule has 1 aromatic heterocycles. The largest absolute Gasteiger partial charge is 0.315 e. The fraction of sp³-hybridized carbons (Fsp3) is 0.286. The van der Waals surface area contributed by atoms with Gasteiger partial charge < -0.3 is 5.32 Å². The molecule has 1 aromatic carbocycles. The maximum Gasteiger partial charge on any atom is 0.273 e. The summed E-state index contributed by atoms with van der Waals surface area (Å²) >= 11 is 1.24. The molecular formula is C14H17FN2O2S2. The van der Waals surface area contributed by atoms with Crippen LogP contribution in [0.25, 0.3) is 0 Å². The number of thiophene rings is 1. The fourth-order valence-corrected chi connectivity index (χ4v) is 4.93. The van der Waals surface area contributed by atoms with Gasteiger partial charge in [0.2, 0.25) is 0 Å². The lowest BCUT2D eigenvalue weighted by Gasteiger charge is -2.21. The summed E-state index contributed by atoms with van der Waals surface area (Å²) in [6, 6.07) is 8.87. The number of nitrogens with one attached hydrogen (secondary N) is 1. The Morgan fingerprint density at radius 1 is 1.19 bits per heavy atom. The van der Waals surface area contributed by atoms with Crippen LogP contribution in [0.15, 0.2) is 40.6 Å². The molecule has 21 heavy (non-hydrogen) atoms. The molecule has 0 saturated heterocycles. The zero-order valence-electron chi connectivity index (χ0n) is 11.8. The van der Waals surface area contributed by atoms with Gasteiger partial charge in [-0.1, -0.05) is 0 Å². The summed E-state index contributed by atoms with van der Waals surface area (Å²) in [6.07, 6.45) is 0. The van der Waals surface area contributed by atoms with Crippen LogP contribution in [0, 0.1) is 5.82 Å². The van der Waals surface area contributed by atoms with Crippen molar-refractivity contribution < 1.29 is 12.8 Å². The highest BCUT2D eigenvalue weighted by molar-refractivity contribution is 7.94. The minimum absolute atomic E-state index is 0.285. The molecule has 0 aliphatic rings. The lowest BCUT2D eigenvalue weighted by Crippen LogP contribution is -2.30. The molecule has 1 N–H and O–H groups in total. The Morgan fingerprint density at radius 2 is 1.86 bits per heavy atom. The Morgan fingerprint density at radius 3 is 2.43 bits per heavy atom. The summed E-state index contributed by atoms with van der Waals surface area (Å²) in [5.41, 5.74) is 0.461. The maximum absolute atomic E-state index is 13.0. The molecule has 7 heteroatoms. The first-order chi connectivity index (χ1) is 9.98. The minimum Gasteiger partial charge on any atom is -0.315 e. The number of hydrogen-bond acceptors (Lipinski definition) is 4. The maximum atomic E-state index is 13.0. The van der Waals surface area contributed by atoms with E-state index in [1.165, 1.54) is 39.9 Å². The smallest absolute Gasteiger partial charge is 0.273 e. The average molecular weight is 328 g/mol. The van der Waals surface area contributed by atoms with Gasteiger partial charge in [-0.25, -0.2) is 12.8 Å². The zero-order chi connectivity index (χ0) is 15.5. The van der Waals surface area contributed by atoms with Gasteiger partial charge in [-0.15, -0.1) is 11.3 Å². The summed E-state index contributed by atoms with van der Waals surface area (Å²) in [5, 5.41) is 2.99. The van der Waals surface area contributed by atoms with Gasteiger partial charge in [-0.2, -0.15) is 0 Å². The van der Waals surface area contributed by atoms with Crippen LogP contribution < -0.4 is 9.62 Å². The Balaban J connectivity index is 2.36. The third-order valence-corrected chi connectivity index (χ3v) is 6.39. The number of nitrogens with zero attached hydrogens (tertiary/aromatic N) is 1. The normalized spacial score (nSPS) is 11.6. The second kappa shape index (κ2) is 6.55. The van der Waals surface area contributed by atoms with Gasteiger partial charge in [0.05, 0.1) is 5.69 Å². The van der Waals surface area contributed by atoms with Crippen molar-refractivity contribution in [2.45, 2.75) is 17.7 Å². The predicted octanol–water partition coefficient (Wildman–Crippen LogP) is 2.82. The minimum atomic E-state index is -3.61. The van der Waals surface area contributed by atoms with Crippen molar-refractivity contribution in [1.82, 2.24) is 5.32 Å². The molecule has 0 aliphatic carbocycles. The molecule has 2 aromatic rings. The number of hydrogen-bond donors (Lipinski definition) is 1. The van der Waals surface area contributed by atoms with Crippen LogP contribution in [-0.4, -0.2) is 22.0 Å². The van der Waals surface area contributed by atoms with Crippen LogP contribution in [0.3, 0.4) is 0 Å². The zero-order valence-corrected chi connectivity index (χ0v) is 13.5. The molecule has 1 heterocycles. The van der Waals surface area contributed by atoms with E-state index in [0.717, 1.165) is 4.88 Å². The lowest BCUT2D eigenvalue weighted by atomic mass is 10.3. The summed E-state index contributed by atoms with van der Waals surface area (Å²) in [7, 11) is -1.80. The molecule has 0 saturated carbocycles. The Labute approximate surface area is 128 Å². The predicted molar refractivity (Wildman–Crippen MR) is 83.7 cm³/mol. The first kappa shape index (κ1) is 15.9. The van der Waals surface area contributed by atoms with Gasteiger partial charge in [0, 0.05) is 18.0 Å². The lowest BCUT2D eigenvalue weighted by molar-refractivity contribution is 0.593. The number of rotatable bonds is 6. The quantitative estimate of drug-likeness (QED) is 0.887. The molecular weight excluding hydrogens is 311 g/mol. The molecule has 0 amide bonds. The van der Waals surface area contributed by atoms with E-state index in [0.29, 0.717) is 16.4 Å². The van der Waals surface area contributed by atoms with Crippen LogP contribution in [-0.2, 0) is 16.6 Å². The number of sulfonamides is 1. The van der Waals surface area contributed by atoms with Crippen molar-refractivity contribution in [2.24, 2.45) is 0 Å². The molecule has 0 bridgehead atoms. The van der Waals surface area contributed by atoms with Gasteiger partial charge in [0.1, 0.15) is 10.0 Å². The fourth-order valence-electron chi connectivity index (χ4n) is 1.97. The molecule has 0 aliphatic heterocycles. The highest BCUT2D eigenvalue weighted by Gasteiger charge is 2.25.